The molecule has 0 bridgehead atoms. The Kier molecular flexibility index (Phi) is 3.79. The molecule has 0 aromatic carbocycles. The Morgan fingerprint density at radius 1 is 1.47 bits per heavy atom. The zero-order chi connectivity index (χ0) is 13.8. The molecule has 2 aromatic heterocycles. The third-order valence-electron chi connectivity index (χ3n) is 3.04. The summed E-state index contributed by atoms with van der Waals surface area (Å²) in [6.07, 6.45) is 3.45. The van der Waals surface area contributed by atoms with Crippen molar-refractivity contribution in [2.75, 3.05) is 12.4 Å². The second-order valence-corrected chi connectivity index (χ2v) is 4.24. The van der Waals surface area contributed by atoms with E-state index in [1.165, 1.54) is 0 Å². The Morgan fingerprint density at radius 2 is 2.26 bits per heavy atom. The van der Waals surface area contributed by atoms with Crippen LogP contribution in [0.15, 0.2) is 24.5 Å². The minimum atomic E-state index is -0.193. The van der Waals surface area contributed by atoms with Crippen molar-refractivity contribution in [2.24, 2.45) is 7.05 Å². The van der Waals surface area contributed by atoms with E-state index in [0.717, 1.165) is 16.9 Å². The molecule has 0 fully saturated rings. The van der Waals surface area contributed by atoms with Crippen LogP contribution in [0.25, 0.3) is 0 Å². The van der Waals surface area contributed by atoms with Gasteiger partial charge in [0, 0.05) is 43.8 Å². The molecule has 6 heteroatoms. The largest absolute Gasteiger partial charge is 0.381 e. The molecule has 0 aliphatic carbocycles. The predicted molar refractivity (Wildman–Crippen MR) is 72.9 cm³/mol. The smallest absolute Gasteiger partial charge is 0.269 e. The molecular weight excluding hydrogens is 242 g/mol. The summed E-state index contributed by atoms with van der Waals surface area (Å²) in [4.78, 5) is 15.5. The summed E-state index contributed by atoms with van der Waals surface area (Å²) in [5.74, 6) is -0.193. The van der Waals surface area contributed by atoms with Crippen LogP contribution in [-0.2, 0) is 13.6 Å². The minimum absolute atomic E-state index is 0.193. The van der Waals surface area contributed by atoms with Crippen LogP contribution < -0.4 is 10.6 Å². The van der Waals surface area contributed by atoms with Crippen molar-refractivity contribution in [2.45, 2.75) is 13.5 Å². The first-order chi connectivity index (χ1) is 9.11. The lowest BCUT2D eigenvalue weighted by atomic mass is 10.2. The van der Waals surface area contributed by atoms with E-state index in [1.807, 2.05) is 30.9 Å². The topological polar surface area (TPSA) is 71.8 Å². The average molecular weight is 259 g/mol. The van der Waals surface area contributed by atoms with Gasteiger partial charge in [-0.3, -0.25) is 14.5 Å². The number of nitrogens with zero attached hydrogens (tertiary/aromatic N) is 3. The van der Waals surface area contributed by atoms with E-state index in [4.69, 9.17) is 0 Å². The fraction of sp³-hybridized carbons (Fsp3) is 0.308. The molecule has 100 valence electrons. The van der Waals surface area contributed by atoms with Gasteiger partial charge in [-0.05, 0) is 19.1 Å². The molecule has 2 aromatic rings. The van der Waals surface area contributed by atoms with Gasteiger partial charge in [-0.15, -0.1) is 0 Å². The van der Waals surface area contributed by atoms with Crippen molar-refractivity contribution in [3.05, 3.63) is 41.5 Å². The van der Waals surface area contributed by atoms with Gasteiger partial charge in [0.15, 0.2) is 0 Å². The molecule has 0 spiro atoms. The normalized spacial score (nSPS) is 10.3. The number of hydrogen-bond donors (Lipinski definition) is 2. The van der Waals surface area contributed by atoms with E-state index in [9.17, 15) is 4.79 Å². The van der Waals surface area contributed by atoms with E-state index >= 15 is 0 Å². The Hall–Kier alpha value is -2.37. The van der Waals surface area contributed by atoms with Gasteiger partial charge >= 0.3 is 0 Å². The van der Waals surface area contributed by atoms with Gasteiger partial charge in [0.25, 0.3) is 5.91 Å². The molecule has 0 aliphatic heterocycles. The highest BCUT2D eigenvalue weighted by atomic mass is 16.1. The number of hydrogen-bond acceptors (Lipinski definition) is 4. The fourth-order valence-electron chi connectivity index (χ4n) is 1.71. The standard InChI is InChI=1S/C13H17N5O/c1-9-10(8-17-18(9)3)7-16-11-4-5-15-12(6-11)13(19)14-2/h4-6,8H,7H2,1-3H3,(H,14,19)(H,15,16). The average Bonchev–Trinajstić information content (AvgIpc) is 2.76. The summed E-state index contributed by atoms with van der Waals surface area (Å²) in [5.41, 5.74) is 3.50. The highest BCUT2D eigenvalue weighted by molar-refractivity contribution is 5.92. The number of anilines is 1. The van der Waals surface area contributed by atoms with Crippen LogP contribution in [0.5, 0.6) is 0 Å². The molecule has 0 radical (unpaired) electrons. The fourth-order valence-corrected chi connectivity index (χ4v) is 1.71. The molecule has 2 rings (SSSR count). The van der Waals surface area contributed by atoms with E-state index < -0.39 is 0 Å². The third kappa shape index (κ3) is 2.90. The van der Waals surface area contributed by atoms with Crippen LogP contribution in [-0.4, -0.2) is 27.7 Å². The van der Waals surface area contributed by atoms with Crippen molar-refractivity contribution in [1.29, 1.82) is 0 Å². The van der Waals surface area contributed by atoms with Gasteiger partial charge < -0.3 is 10.6 Å². The van der Waals surface area contributed by atoms with Crippen LogP contribution in [0.4, 0.5) is 5.69 Å². The number of amides is 1. The van der Waals surface area contributed by atoms with Crippen LogP contribution in [0.2, 0.25) is 0 Å². The summed E-state index contributed by atoms with van der Waals surface area (Å²) in [7, 11) is 3.50. The number of nitrogens with one attached hydrogen (secondary N) is 2. The second-order valence-electron chi connectivity index (χ2n) is 4.24. The van der Waals surface area contributed by atoms with E-state index in [2.05, 4.69) is 20.7 Å². The highest BCUT2D eigenvalue weighted by Crippen LogP contribution is 2.12. The number of aryl methyl sites for hydroxylation is 1. The monoisotopic (exact) mass is 259 g/mol. The van der Waals surface area contributed by atoms with Crippen molar-refractivity contribution in [1.82, 2.24) is 20.1 Å². The van der Waals surface area contributed by atoms with Crippen molar-refractivity contribution in [3.63, 3.8) is 0 Å². The highest BCUT2D eigenvalue weighted by Gasteiger charge is 2.06. The van der Waals surface area contributed by atoms with Crippen molar-refractivity contribution >= 4 is 11.6 Å². The molecule has 1 amide bonds. The summed E-state index contributed by atoms with van der Waals surface area (Å²) in [6, 6.07) is 3.56. The van der Waals surface area contributed by atoms with Gasteiger partial charge in [0.2, 0.25) is 0 Å². The number of carbonyl (C=O) groups is 1. The van der Waals surface area contributed by atoms with Gasteiger partial charge in [-0.1, -0.05) is 0 Å². The van der Waals surface area contributed by atoms with Crippen LogP contribution in [0, 0.1) is 6.92 Å². The molecule has 2 heterocycles. The first-order valence-corrected chi connectivity index (χ1v) is 6.01. The van der Waals surface area contributed by atoms with Gasteiger partial charge in [0.1, 0.15) is 5.69 Å². The molecule has 2 N–H and O–H groups in total. The molecule has 0 saturated heterocycles. The first kappa shape index (κ1) is 13.1. The van der Waals surface area contributed by atoms with E-state index in [1.54, 1.807) is 19.3 Å². The lowest BCUT2D eigenvalue weighted by Crippen LogP contribution is -2.19. The number of rotatable bonds is 4. The van der Waals surface area contributed by atoms with Crippen molar-refractivity contribution in [3.8, 4) is 0 Å². The Morgan fingerprint density at radius 3 is 2.89 bits per heavy atom. The molecule has 19 heavy (non-hydrogen) atoms. The molecule has 0 unspecified atom stereocenters. The quantitative estimate of drug-likeness (QED) is 0.862. The maximum absolute atomic E-state index is 11.5. The van der Waals surface area contributed by atoms with Gasteiger partial charge in [-0.2, -0.15) is 5.10 Å². The van der Waals surface area contributed by atoms with Crippen LogP contribution in [0.1, 0.15) is 21.7 Å². The van der Waals surface area contributed by atoms with Crippen LogP contribution >= 0.6 is 0 Å². The number of pyridine rings is 1. The predicted octanol–water partition coefficient (Wildman–Crippen LogP) is 1.10. The maximum Gasteiger partial charge on any atom is 0.269 e. The lowest BCUT2D eigenvalue weighted by molar-refractivity contribution is 0.0958. The summed E-state index contributed by atoms with van der Waals surface area (Å²) in [5, 5.41) is 10.0. The number of carbonyl (C=O) groups excluding carboxylic acids is 1. The minimum Gasteiger partial charge on any atom is -0.381 e. The molecular formula is C13H17N5O. The van der Waals surface area contributed by atoms with Gasteiger partial charge in [0.05, 0.1) is 6.20 Å². The Balaban J connectivity index is 2.07. The van der Waals surface area contributed by atoms with E-state index in [-0.39, 0.29) is 5.91 Å². The Bertz CT molecular complexity index is 590. The van der Waals surface area contributed by atoms with Crippen molar-refractivity contribution < 1.29 is 4.79 Å². The first-order valence-electron chi connectivity index (χ1n) is 6.01. The summed E-state index contributed by atoms with van der Waals surface area (Å²) >= 11 is 0. The molecule has 0 aliphatic rings. The summed E-state index contributed by atoms with van der Waals surface area (Å²) < 4.78 is 1.83. The second kappa shape index (κ2) is 5.51. The van der Waals surface area contributed by atoms with Gasteiger partial charge in [-0.25, -0.2) is 0 Å². The third-order valence-corrected chi connectivity index (χ3v) is 3.04. The zero-order valence-electron chi connectivity index (χ0n) is 11.3. The maximum atomic E-state index is 11.5. The lowest BCUT2D eigenvalue weighted by Gasteiger charge is -2.07. The van der Waals surface area contributed by atoms with E-state index in [0.29, 0.717) is 12.2 Å². The molecule has 6 nitrogen and oxygen atoms in total. The SMILES string of the molecule is CNC(=O)c1cc(NCc2cnn(C)c2C)ccn1. The number of aromatic nitrogens is 3. The molecule has 0 atom stereocenters. The molecule has 0 saturated carbocycles. The van der Waals surface area contributed by atoms with Crippen LogP contribution in [0.3, 0.4) is 0 Å². The Labute approximate surface area is 111 Å². The zero-order valence-corrected chi connectivity index (χ0v) is 11.3. The summed E-state index contributed by atoms with van der Waals surface area (Å²) in [6.45, 7) is 2.68.